The van der Waals surface area contributed by atoms with Gasteiger partial charge >= 0.3 is 0 Å². The Balaban J connectivity index is 1.55. The van der Waals surface area contributed by atoms with Gasteiger partial charge in [-0.05, 0) is 41.8 Å². The van der Waals surface area contributed by atoms with E-state index >= 15 is 0 Å². The van der Waals surface area contributed by atoms with Gasteiger partial charge in [0.05, 0.1) is 0 Å². The summed E-state index contributed by atoms with van der Waals surface area (Å²) in [5, 5.41) is 3.07. The van der Waals surface area contributed by atoms with Gasteiger partial charge in [-0.25, -0.2) is 8.42 Å². The molecule has 0 atom stereocenters. The number of piperidine rings is 1. The van der Waals surface area contributed by atoms with E-state index in [2.05, 4.69) is 41.9 Å². The fourth-order valence-corrected chi connectivity index (χ4v) is 6.25. The number of fused-ring (bicyclic) bond motifs is 1. The zero-order valence-electron chi connectivity index (χ0n) is 13.6. The highest BCUT2D eigenvalue weighted by Gasteiger charge is 2.31. The molecule has 6 heteroatoms. The zero-order valence-corrected chi connectivity index (χ0v) is 15.2. The third kappa shape index (κ3) is 2.59. The van der Waals surface area contributed by atoms with Gasteiger partial charge in [0.25, 0.3) is 10.0 Å². The maximum Gasteiger partial charge on any atom is 0.252 e. The number of hydrogen-bond acceptors (Lipinski definition) is 3. The molecule has 1 aliphatic heterocycles. The second kappa shape index (κ2) is 6.02. The Labute approximate surface area is 146 Å². The molecule has 0 N–H and O–H groups in total. The second-order valence-corrected chi connectivity index (χ2v) is 9.41. The molecule has 0 radical (unpaired) electrons. The van der Waals surface area contributed by atoms with Crippen molar-refractivity contribution in [2.24, 2.45) is 7.05 Å². The molecule has 0 spiro atoms. The number of aromatic nitrogens is 1. The highest BCUT2D eigenvalue weighted by atomic mass is 32.2. The molecule has 24 heavy (non-hydrogen) atoms. The van der Waals surface area contributed by atoms with Crippen LogP contribution in [0.2, 0.25) is 0 Å². The topological polar surface area (TPSA) is 42.3 Å². The largest absolute Gasteiger partial charge is 0.347 e. The van der Waals surface area contributed by atoms with Crippen LogP contribution < -0.4 is 0 Å². The Morgan fingerprint density at radius 2 is 1.83 bits per heavy atom. The van der Waals surface area contributed by atoms with E-state index in [1.807, 2.05) is 5.38 Å². The number of rotatable bonds is 3. The van der Waals surface area contributed by atoms with Crippen molar-refractivity contribution in [3.63, 3.8) is 0 Å². The Morgan fingerprint density at radius 1 is 1.08 bits per heavy atom. The molecule has 2 aromatic heterocycles. The minimum absolute atomic E-state index is 0.414. The maximum atomic E-state index is 12.6. The fourth-order valence-electron chi connectivity index (χ4n) is 3.63. The van der Waals surface area contributed by atoms with Crippen LogP contribution >= 0.6 is 11.3 Å². The lowest BCUT2D eigenvalue weighted by Crippen LogP contribution is -2.37. The van der Waals surface area contributed by atoms with Crippen LogP contribution in [-0.4, -0.2) is 30.4 Å². The van der Waals surface area contributed by atoms with Crippen molar-refractivity contribution < 1.29 is 8.42 Å². The molecule has 0 amide bonds. The maximum absolute atomic E-state index is 12.6. The van der Waals surface area contributed by atoms with Crippen molar-refractivity contribution in [1.29, 1.82) is 0 Å². The summed E-state index contributed by atoms with van der Waals surface area (Å²) < 4.78 is 29.6. The minimum atomic E-state index is -3.31. The lowest BCUT2D eigenvalue weighted by Gasteiger charge is -2.31. The molecule has 1 fully saturated rings. The Hall–Kier alpha value is -1.63. The van der Waals surface area contributed by atoms with Crippen molar-refractivity contribution in [1.82, 2.24) is 8.87 Å². The molecule has 1 aromatic carbocycles. The Kier molecular flexibility index (Phi) is 3.98. The summed E-state index contributed by atoms with van der Waals surface area (Å²) >= 11 is 1.29. The van der Waals surface area contributed by atoms with Gasteiger partial charge in [0.15, 0.2) is 0 Å². The lowest BCUT2D eigenvalue weighted by molar-refractivity contribution is 0.315. The number of sulfonamides is 1. The van der Waals surface area contributed by atoms with Crippen molar-refractivity contribution in [3.8, 4) is 0 Å². The van der Waals surface area contributed by atoms with Crippen LogP contribution in [0.3, 0.4) is 0 Å². The number of nitrogens with zero attached hydrogens (tertiary/aromatic N) is 2. The minimum Gasteiger partial charge on any atom is -0.347 e. The van der Waals surface area contributed by atoms with Crippen LogP contribution in [0.1, 0.15) is 24.5 Å². The molecule has 1 saturated heterocycles. The van der Waals surface area contributed by atoms with Crippen LogP contribution in [0, 0.1) is 0 Å². The monoisotopic (exact) mass is 360 g/mol. The van der Waals surface area contributed by atoms with Crippen LogP contribution in [0.15, 0.2) is 52.1 Å². The van der Waals surface area contributed by atoms with Crippen molar-refractivity contribution >= 4 is 32.3 Å². The van der Waals surface area contributed by atoms with E-state index in [4.69, 9.17) is 0 Å². The van der Waals surface area contributed by atoms with E-state index < -0.39 is 10.0 Å². The van der Waals surface area contributed by atoms with Crippen LogP contribution in [0.5, 0.6) is 0 Å². The molecule has 0 bridgehead atoms. The Morgan fingerprint density at radius 3 is 2.50 bits per heavy atom. The molecule has 3 heterocycles. The summed E-state index contributed by atoms with van der Waals surface area (Å²) in [6.45, 7) is 1.18. The van der Waals surface area contributed by atoms with E-state index in [1.165, 1.54) is 27.9 Å². The van der Waals surface area contributed by atoms with Crippen molar-refractivity contribution in [2.45, 2.75) is 23.0 Å². The molecular formula is C18H20N2O2S2. The highest BCUT2D eigenvalue weighted by molar-refractivity contribution is 7.91. The molecule has 0 aliphatic carbocycles. The number of para-hydroxylation sites is 1. The third-order valence-corrected chi connectivity index (χ3v) is 8.22. The first-order valence-electron chi connectivity index (χ1n) is 8.15. The van der Waals surface area contributed by atoms with E-state index in [9.17, 15) is 8.42 Å². The van der Waals surface area contributed by atoms with Gasteiger partial charge in [-0.2, -0.15) is 4.31 Å². The highest BCUT2D eigenvalue weighted by Crippen LogP contribution is 2.34. The van der Waals surface area contributed by atoms with Gasteiger partial charge in [0.2, 0.25) is 0 Å². The van der Waals surface area contributed by atoms with E-state index in [0.717, 1.165) is 12.8 Å². The summed E-state index contributed by atoms with van der Waals surface area (Å²) in [6.07, 6.45) is 1.74. The van der Waals surface area contributed by atoms with Gasteiger partial charge in [-0.3, -0.25) is 0 Å². The number of hydrogen-bond donors (Lipinski definition) is 0. The van der Waals surface area contributed by atoms with Gasteiger partial charge < -0.3 is 4.57 Å². The predicted octanol–water partition coefficient (Wildman–Crippen LogP) is 3.81. The van der Waals surface area contributed by atoms with Crippen LogP contribution in [0.25, 0.3) is 10.9 Å². The number of aryl methyl sites for hydroxylation is 1. The molecule has 4 rings (SSSR count). The lowest BCUT2D eigenvalue weighted by atomic mass is 9.94. The molecule has 0 unspecified atom stereocenters. The van der Waals surface area contributed by atoms with Gasteiger partial charge in [0.1, 0.15) is 4.21 Å². The van der Waals surface area contributed by atoms with E-state index in [1.54, 1.807) is 16.4 Å². The first-order valence-corrected chi connectivity index (χ1v) is 10.5. The SMILES string of the molecule is Cn1c(C2CCN(S(=O)(=O)c3cccs3)CC2)cc2ccccc21. The molecule has 3 aromatic rings. The number of benzene rings is 1. The molecule has 4 nitrogen and oxygen atoms in total. The van der Waals surface area contributed by atoms with Gasteiger partial charge in [0, 0.05) is 37.3 Å². The fraction of sp³-hybridized carbons (Fsp3) is 0.333. The molecular weight excluding hydrogens is 340 g/mol. The normalized spacial score (nSPS) is 17.5. The summed E-state index contributed by atoms with van der Waals surface area (Å²) in [5.41, 5.74) is 2.55. The van der Waals surface area contributed by atoms with Gasteiger partial charge in [-0.15, -0.1) is 11.3 Å². The van der Waals surface area contributed by atoms with E-state index in [-0.39, 0.29) is 0 Å². The molecule has 1 aliphatic rings. The van der Waals surface area contributed by atoms with Gasteiger partial charge in [-0.1, -0.05) is 24.3 Å². The van der Waals surface area contributed by atoms with Crippen LogP contribution in [-0.2, 0) is 17.1 Å². The van der Waals surface area contributed by atoms with Crippen molar-refractivity contribution in [2.75, 3.05) is 13.1 Å². The first kappa shape index (κ1) is 15.9. The van der Waals surface area contributed by atoms with E-state index in [0.29, 0.717) is 23.2 Å². The average molecular weight is 361 g/mol. The smallest absolute Gasteiger partial charge is 0.252 e. The molecule has 126 valence electrons. The first-order chi connectivity index (χ1) is 11.6. The van der Waals surface area contributed by atoms with Crippen molar-refractivity contribution in [3.05, 3.63) is 53.5 Å². The third-order valence-electron chi connectivity index (χ3n) is 4.95. The predicted molar refractivity (Wildman–Crippen MR) is 98.0 cm³/mol. The quantitative estimate of drug-likeness (QED) is 0.713. The number of thiophene rings is 1. The molecule has 0 saturated carbocycles. The standard InChI is InChI=1S/C18H20N2O2S2/c1-19-16-6-3-2-5-15(16)13-17(19)14-8-10-20(11-9-14)24(21,22)18-7-4-12-23-18/h2-7,12-14H,8-11H2,1H3. The average Bonchev–Trinajstić information content (AvgIpc) is 3.24. The summed E-state index contributed by atoms with van der Waals surface area (Å²) in [5.74, 6) is 0.414. The second-order valence-electron chi connectivity index (χ2n) is 6.30. The van der Waals surface area contributed by atoms with Crippen LogP contribution in [0.4, 0.5) is 0 Å². The summed E-state index contributed by atoms with van der Waals surface area (Å²) in [4.78, 5) is 0. The summed E-state index contributed by atoms with van der Waals surface area (Å²) in [7, 11) is -1.21. The summed E-state index contributed by atoms with van der Waals surface area (Å²) in [6, 6.07) is 14.1. The zero-order chi connectivity index (χ0) is 16.7. The Bertz CT molecular complexity index is 950.